The van der Waals surface area contributed by atoms with Gasteiger partial charge in [0.25, 0.3) is 0 Å². The summed E-state index contributed by atoms with van der Waals surface area (Å²) in [7, 11) is 0. The summed E-state index contributed by atoms with van der Waals surface area (Å²) >= 11 is 0. The molecule has 0 aliphatic rings. The third-order valence-corrected chi connectivity index (χ3v) is 2.50. The molecular weight excluding hydrogens is 226 g/mol. The number of rotatable bonds is 4. The number of hydrogen-bond donors (Lipinski definition) is 1. The van der Waals surface area contributed by atoms with Gasteiger partial charge in [0.05, 0.1) is 6.54 Å². The maximum absolute atomic E-state index is 11.5. The Morgan fingerprint density at radius 3 is 2.50 bits per heavy atom. The minimum absolute atomic E-state index is 0.215. The van der Waals surface area contributed by atoms with Crippen molar-refractivity contribution in [2.45, 2.75) is 46.8 Å². The van der Waals surface area contributed by atoms with E-state index in [0.29, 0.717) is 6.54 Å². The molecule has 3 nitrogen and oxygen atoms in total. The second kappa shape index (κ2) is 6.01. The van der Waals surface area contributed by atoms with E-state index in [1.807, 2.05) is 20.8 Å². The van der Waals surface area contributed by atoms with Crippen molar-refractivity contribution in [3.05, 3.63) is 34.9 Å². The molecule has 0 heterocycles. The Morgan fingerprint density at radius 1 is 1.28 bits per heavy atom. The smallest absolute Gasteiger partial charge is 0.320 e. The number of aryl methyl sites for hydroxylation is 2. The third kappa shape index (κ3) is 5.32. The van der Waals surface area contributed by atoms with E-state index >= 15 is 0 Å². The second-order valence-corrected chi connectivity index (χ2v) is 5.62. The van der Waals surface area contributed by atoms with Gasteiger partial charge in [-0.1, -0.05) is 23.8 Å². The lowest BCUT2D eigenvalue weighted by molar-refractivity contribution is -0.153. The quantitative estimate of drug-likeness (QED) is 0.834. The summed E-state index contributed by atoms with van der Waals surface area (Å²) in [4.78, 5) is 11.5. The van der Waals surface area contributed by atoms with Crippen molar-refractivity contribution >= 4 is 5.97 Å². The van der Waals surface area contributed by atoms with Crippen LogP contribution in [0.25, 0.3) is 0 Å². The molecule has 0 unspecified atom stereocenters. The molecule has 0 aromatic heterocycles. The number of hydrogen-bond acceptors (Lipinski definition) is 3. The van der Waals surface area contributed by atoms with Crippen LogP contribution in [0.2, 0.25) is 0 Å². The Hall–Kier alpha value is -1.35. The van der Waals surface area contributed by atoms with Crippen LogP contribution in [-0.4, -0.2) is 18.1 Å². The summed E-state index contributed by atoms with van der Waals surface area (Å²) in [5, 5.41) is 3.11. The maximum atomic E-state index is 11.5. The van der Waals surface area contributed by atoms with E-state index in [1.54, 1.807) is 0 Å². The van der Waals surface area contributed by atoms with E-state index in [4.69, 9.17) is 4.74 Å². The van der Waals surface area contributed by atoms with Crippen LogP contribution in [0.15, 0.2) is 18.2 Å². The van der Waals surface area contributed by atoms with Gasteiger partial charge in [-0.25, -0.2) is 0 Å². The first kappa shape index (κ1) is 14.7. The molecule has 0 aliphatic heterocycles. The molecule has 0 bridgehead atoms. The molecule has 0 fully saturated rings. The lowest BCUT2D eigenvalue weighted by Gasteiger charge is -2.19. The average molecular weight is 249 g/mol. The van der Waals surface area contributed by atoms with Crippen molar-refractivity contribution < 1.29 is 9.53 Å². The molecule has 1 aromatic rings. The van der Waals surface area contributed by atoms with E-state index < -0.39 is 5.60 Å². The second-order valence-electron chi connectivity index (χ2n) is 5.62. The molecule has 0 aliphatic carbocycles. The summed E-state index contributed by atoms with van der Waals surface area (Å²) < 4.78 is 5.22. The van der Waals surface area contributed by atoms with Crippen molar-refractivity contribution in [1.82, 2.24) is 5.32 Å². The van der Waals surface area contributed by atoms with Gasteiger partial charge in [0.15, 0.2) is 0 Å². The fraction of sp³-hybridized carbons (Fsp3) is 0.533. The molecule has 0 spiro atoms. The highest BCUT2D eigenvalue weighted by Gasteiger charge is 2.15. The number of nitrogens with one attached hydrogen (secondary N) is 1. The average Bonchev–Trinajstić information content (AvgIpc) is 2.18. The minimum Gasteiger partial charge on any atom is -0.459 e. The van der Waals surface area contributed by atoms with Crippen LogP contribution in [0, 0.1) is 13.8 Å². The van der Waals surface area contributed by atoms with Crippen molar-refractivity contribution in [3.8, 4) is 0 Å². The van der Waals surface area contributed by atoms with Crippen LogP contribution in [0.5, 0.6) is 0 Å². The van der Waals surface area contributed by atoms with Crippen molar-refractivity contribution in [2.24, 2.45) is 0 Å². The van der Waals surface area contributed by atoms with Gasteiger partial charge in [-0.2, -0.15) is 0 Å². The molecule has 1 aromatic carbocycles. The van der Waals surface area contributed by atoms with Gasteiger partial charge in [0.1, 0.15) is 5.60 Å². The van der Waals surface area contributed by atoms with E-state index in [2.05, 4.69) is 37.4 Å². The molecule has 1 rings (SSSR count). The Kier molecular flexibility index (Phi) is 4.91. The fourth-order valence-electron chi connectivity index (χ4n) is 1.72. The monoisotopic (exact) mass is 249 g/mol. The van der Waals surface area contributed by atoms with Crippen LogP contribution in [0.3, 0.4) is 0 Å². The summed E-state index contributed by atoms with van der Waals surface area (Å²) in [6, 6.07) is 6.31. The molecule has 0 radical (unpaired) electrons. The van der Waals surface area contributed by atoms with Crippen molar-refractivity contribution in [3.63, 3.8) is 0 Å². The highest BCUT2D eigenvalue weighted by atomic mass is 16.6. The van der Waals surface area contributed by atoms with Gasteiger partial charge in [-0.15, -0.1) is 0 Å². The zero-order valence-corrected chi connectivity index (χ0v) is 12.0. The molecular formula is C15H23NO2. The lowest BCUT2D eigenvalue weighted by Crippen LogP contribution is -2.31. The van der Waals surface area contributed by atoms with Gasteiger partial charge in [0.2, 0.25) is 0 Å². The van der Waals surface area contributed by atoms with E-state index in [9.17, 15) is 4.79 Å². The first-order chi connectivity index (χ1) is 8.28. The Bertz CT molecular complexity index is 419. The lowest BCUT2D eigenvalue weighted by atomic mass is 10.1. The van der Waals surface area contributed by atoms with E-state index in [0.717, 1.165) is 0 Å². The van der Waals surface area contributed by atoms with Crippen LogP contribution < -0.4 is 5.32 Å². The Balaban J connectivity index is 2.40. The van der Waals surface area contributed by atoms with Crippen molar-refractivity contribution in [2.75, 3.05) is 6.54 Å². The number of carbonyl (C=O) groups is 1. The molecule has 0 atom stereocenters. The summed E-state index contributed by atoms with van der Waals surface area (Å²) in [5.41, 5.74) is 3.29. The van der Waals surface area contributed by atoms with Crippen LogP contribution in [0.4, 0.5) is 0 Å². The molecule has 0 amide bonds. The largest absolute Gasteiger partial charge is 0.459 e. The van der Waals surface area contributed by atoms with E-state index in [-0.39, 0.29) is 12.5 Å². The standard InChI is InChI=1S/C15H23NO2/c1-11-6-7-13(12(2)8-11)9-16-10-14(17)18-15(3,4)5/h6-8,16H,9-10H2,1-5H3. The predicted molar refractivity (Wildman–Crippen MR) is 73.5 cm³/mol. The van der Waals surface area contributed by atoms with Crippen LogP contribution in [-0.2, 0) is 16.1 Å². The van der Waals surface area contributed by atoms with Gasteiger partial charge in [-0.05, 0) is 45.7 Å². The highest BCUT2D eigenvalue weighted by molar-refractivity contribution is 5.72. The first-order valence-electron chi connectivity index (χ1n) is 6.26. The number of ether oxygens (including phenoxy) is 1. The van der Waals surface area contributed by atoms with Crippen LogP contribution >= 0.6 is 0 Å². The molecule has 1 N–H and O–H groups in total. The predicted octanol–water partition coefficient (Wildman–Crippen LogP) is 2.73. The number of benzene rings is 1. The van der Waals surface area contributed by atoms with Crippen molar-refractivity contribution in [1.29, 1.82) is 0 Å². The summed E-state index contributed by atoms with van der Waals surface area (Å²) in [6.45, 7) is 10.7. The van der Waals surface area contributed by atoms with Gasteiger partial charge in [-0.3, -0.25) is 4.79 Å². The molecule has 18 heavy (non-hydrogen) atoms. The minimum atomic E-state index is -0.418. The Labute approximate surface area is 110 Å². The molecule has 100 valence electrons. The SMILES string of the molecule is Cc1ccc(CNCC(=O)OC(C)(C)C)c(C)c1. The fourth-order valence-corrected chi connectivity index (χ4v) is 1.72. The normalized spacial score (nSPS) is 11.4. The van der Waals surface area contributed by atoms with Gasteiger partial charge >= 0.3 is 5.97 Å². The van der Waals surface area contributed by atoms with Crippen LogP contribution in [0.1, 0.15) is 37.5 Å². The van der Waals surface area contributed by atoms with Gasteiger partial charge in [0, 0.05) is 6.54 Å². The van der Waals surface area contributed by atoms with E-state index in [1.165, 1.54) is 16.7 Å². The first-order valence-corrected chi connectivity index (χ1v) is 6.26. The highest BCUT2D eigenvalue weighted by Crippen LogP contribution is 2.10. The third-order valence-electron chi connectivity index (χ3n) is 2.50. The Morgan fingerprint density at radius 2 is 1.94 bits per heavy atom. The zero-order chi connectivity index (χ0) is 13.8. The number of carbonyl (C=O) groups excluding carboxylic acids is 1. The summed E-state index contributed by atoms with van der Waals surface area (Å²) in [6.07, 6.45) is 0. The molecule has 0 saturated heterocycles. The molecule has 0 saturated carbocycles. The van der Waals surface area contributed by atoms with Gasteiger partial charge < -0.3 is 10.1 Å². The number of esters is 1. The molecule has 3 heteroatoms. The maximum Gasteiger partial charge on any atom is 0.320 e. The zero-order valence-electron chi connectivity index (χ0n) is 12.0. The summed E-state index contributed by atoms with van der Waals surface area (Å²) in [5.74, 6) is -0.215. The topological polar surface area (TPSA) is 38.3 Å².